The van der Waals surface area contributed by atoms with Crippen LogP contribution in [0.1, 0.15) is 12.8 Å². The van der Waals surface area contributed by atoms with Gasteiger partial charge >= 0.3 is 0 Å². The summed E-state index contributed by atoms with van der Waals surface area (Å²) >= 11 is 12.1. The molecule has 2 atom stereocenters. The first-order valence-electron chi connectivity index (χ1n) is 5.96. The van der Waals surface area contributed by atoms with E-state index in [4.69, 9.17) is 33.7 Å². The highest BCUT2D eigenvalue weighted by Gasteiger charge is 2.29. The Morgan fingerprint density at radius 3 is 2.94 bits per heavy atom. The van der Waals surface area contributed by atoms with Gasteiger partial charge in [-0.1, -0.05) is 23.2 Å². The van der Waals surface area contributed by atoms with E-state index in [1.54, 1.807) is 19.4 Å². The molecule has 1 saturated heterocycles. The average Bonchev–Trinajstić information content (AvgIpc) is 2.38. The standard InChI is InChI=1S/C12H17Cl2N3O/c1-18-10-2-3-17(9(5-10)6-15)12-11(14)4-8(13)7-16-12/h4,7,9-10H,2-3,5-6,15H2,1H3. The highest BCUT2D eigenvalue weighted by Crippen LogP contribution is 2.31. The predicted molar refractivity (Wildman–Crippen MR) is 74.5 cm³/mol. The van der Waals surface area contributed by atoms with Crippen molar-refractivity contribution in [2.75, 3.05) is 25.1 Å². The molecule has 0 aromatic carbocycles. The smallest absolute Gasteiger partial charge is 0.147 e. The molecule has 2 N–H and O–H groups in total. The predicted octanol–water partition coefficient (Wildman–Crippen LogP) is 2.33. The molecular weight excluding hydrogens is 273 g/mol. The van der Waals surface area contributed by atoms with Crippen LogP contribution in [-0.2, 0) is 4.74 Å². The third kappa shape index (κ3) is 2.88. The lowest BCUT2D eigenvalue weighted by molar-refractivity contribution is 0.0708. The molecule has 1 aliphatic rings. The zero-order valence-electron chi connectivity index (χ0n) is 10.3. The van der Waals surface area contributed by atoms with Crippen molar-refractivity contribution in [2.24, 2.45) is 5.73 Å². The molecule has 2 heterocycles. The highest BCUT2D eigenvalue weighted by atomic mass is 35.5. The molecule has 6 heteroatoms. The first-order chi connectivity index (χ1) is 8.65. The van der Waals surface area contributed by atoms with Gasteiger partial charge in [0.25, 0.3) is 0 Å². The molecule has 0 saturated carbocycles. The number of piperidine rings is 1. The fourth-order valence-corrected chi connectivity index (χ4v) is 2.84. The number of halogens is 2. The Kier molecular flexibility index (Phi) is 4.67. The number of hydrogen-bond acceptors (Lipinski definition) is 4. The van der Waals surface area contributed by atoms with Gasteiger partial charge in [-0.25, -0.2) is 4.98 Å². The fourth-order valence-electron chi connectivity index (χ4n) is 2.35. The minimum absolute atomic E-state index is 0.204. The second kappa shape index (κ2) is 6.06. The van der Waals surface area contributed by atoms with Crippen molar-refractivity contribution in [2.45, 2.75) is 25.0 Å². The molecule has 0 amide bonds. The normalized spacial score (nSPS) is 24.3. The van der Waals surface area contributed by atoms with Crippen molar-refractivity contribution in [1.29, 1.82) is 0 Å². The Bertz CT molecular complexity index is 416. The number of rotatable bonds is 3. The first kappa shape index (κ1) is 13.9. The van der Waals surface area contributed by atoms with Crippen molar-refractivity contribution < 1.29 is 4.74 Å². The number of pyridine rings is 1. The average molecular weight is 290 g/mol. The van der Waals surface area contributed by atoms with Crippen LogP contribution >= 0.6 is 23.2 Å². The van der Waals surface area contributed by atoms with Gasteiger partial charge in [0.1, 0.15) is 5.82 Å². The largest absolute Gasteiger partial charge is 0.381 e. The summed E-state index contributed by atoms with van der Waals surface area (Å²) in [6, 6.07) is 1.91. The molecule has 100 valence electrons. The molecular formula is C12H17Cl2N3O. The van der Waals surface area contributed by atoms with Gasteiger partial charge in [-0.2, -0.15) is 0 Å². The van der Waals surface area contributed by atoms with Crippen molar-refractivity contribution in [3.63, 3.8) is 0 Å². The molecule has 0 bridgehead atoms. The van der Waals surface area contributed by atoms with Gasteiger partial charge in [-0.15, -0.1) is 0 Å². The Morgan fingerprint density at radius 1 is 1.56 bits per heavy atom. The van der Waals surface area contributed by atoms with Crippen LogP contribution in [0.4, 0.5) is 5.82 Å². The Morgan fingerprint density at radius 2 is 2.33 bits per heavy atom. The summed E-state index contributed by atoms with van der Waals surface area (Å²) in [5.74, 6) is 0.756. The molecule has 0 aliphatic carbocycles. The van der Waals surface area contributed by atoms with Crippen LogP contribution in [0.15, 0.2) is 12.3 Å². The molecule has 18 heavy (non-hydrogen) atoms. The number of nitrogens with two attached hydrogens (primary N) is 1. The maximum Gasteiger partial charge on any atom is 0.147 e. The number of nitrogens with zero attached hydrogens (tertiary/aromatic N) is 2. The first-order valence-corrected chi connectivity index (χ1v) is 6.71. The zero-order chi connectivity index (χ0) is 13.1. The Labute approximate surface area is 117 Å². The number of methoxy groups -OCH3 is 1. The fraction of sp³-hybridized carbons (Fsp3) is 0.583. The van der Waals surface area contributed by atoms with Crippen LogP contribution in [0.25, 0.3) is 0 Å². The van der Waals surface area contributed by atoms with E-state index in [-0.39, 0.29) is 12.1 Å². The van der Waals surface area contributed by atoms with Crippen LogP contribution < -0.4 is 10.6 Å². The lowest BCUT2D eigenvalue weighted by Crippen LogP contribution is -2.49. The highest BCUT2D eigenvalue weighted by molar-refractivity contribution is 6.36. The van der Waals surface area contributed by atoms with Crippen LogP contribution in [0, 0.1) is 0 Å². The van der Waals surface area contributed by atoms with Crippen molar-refractivity contribution in [3.05, 3.63) is 22.3 Å². The molecule has 1 aromatic heterocycles. The van der Waals surface area contributed by atoms with E-state index in [1.165, 1.54) is 0 Å². The van der Waals surface area contributed by atoms with Crippen molar-refractivity contribution >= 4 is 29.0 Å². The number of aromatic nitrogens is 1. The number of hydrogen-bond donors (Lipinski definition) is 1. The summed E-state index contributed by atoms with van der Waals surface area (Å²) < 4.78 is 5.40. The minimum atomic E-state index is 0.204. The topological polar surface area (TPSA) is 51.4 Å². The summed E-state index contributed by atoms with van der Waals surface area (Å²) in [5, 5.41) is 1.11. The van der Waals surface area contributed by atoms with E-state index < -0.39 is 0 Å². The Hall–Kier alpha value is -0.550. The molecule has 2 rings (SSSR count). The molecule has 0 radical (unpaired) electrons. The van der Waals surface area contributed by atoms with Gasteiger partial charge in [-0.05, 0) is 18.9 Å². The Balaban J connectivity index is 2.21. The van der Waals surface area contributed by atoms with E-state index in [9.17, 15) is 0 Å². The van der Waals surface area contributed by atoms with E-state index in [0.717, 1.165) is 25.2 Å². The van der Waals surface area contributed by atoms with Gasteiger partial charge in [0, 0.05) is 32.4 Å². The summed E-state index contributed by atoms with van der Waals surface area (Å²) in [6.45, 7) is 1.40. The van der Waals surface area contributed by atoms with E-state index in [2.05, 4.69) is 9.88 Å². The molecule has 1 fully saturated rings. The summed E-state index contributed by atoms with van der Waals surface area (Å²) in [6.07, 6.45) is 3.72. The number of ether oxygens (including phenoxy) is 1. The van der Waals surface area contributed by atoms with Gasteiger partial charge < -0.3 is 15.4 Å². The lowest BCUT2D eigenvalue weighted by Gasteiger charge is -2.39. The minimum Gasteiger partial charge on any atom is -0.381 e. The van der Waals surface area contributed by atoms with E-state index in [1.807, 2.05) is 0 Å². The second-order valence-electron chi connectivity index (χ2n) is 4.42. The molecule has 2 unspecified atom stereocenters. The van der Waals surface area contributed by atoms with Crippen molar-refractivity contribution in [1.82, 2.24) is 4.98 Å². The lowest BCUT2D eigenvalue weighted by atomic mass is 9.99. The van der Waals surface area contributed by atoms with Crippen LogP contribution in [0.2, 0.25) is 10.0 Å². The molecule has 4 nitrogen and oxygen atoms in total. The maximum atomic E-state index is 6.19. The van der Waals surface area contributed by atoms with Gasteiger partial charge in [0.15, 0.2) is 0 Å². The quantitative estimate of drug-likeness (QED) is 0.928. The van der Waals surface area contributed by atoms with Gasteiger partial charge in [0.05, 0.1) is 16.1 Å². The summed E-state index contributed by atoms with van der Waals surface area (Å²) in [5.41, 5.74) is 5.83. The SMILES string of the molecule is COC1CCN(c2ncc(Cl)cc2Cl)C(CN)C1. The van der Waals surface area contributed by atoms with E-state index in [0.29, 0.717) is 16.6 Å². The summed E-state index contributed by atoms with van der Waals surface area (Å²) in [7, 11) is 1.74. The van der Waals surface area contributed by atoms with Gasteiger partial charge in [0.2, 0.25) is 0 Å². The maximum absolute atomic E-state index is 6.19. The zero-order valence-corrected chi connectivity index (χ0v) is 11.8. The third-order valence-corrected chi connectivity index (χ3v) is 3.82. The molecule has 1 aliphatic heterocycles. The number of anilines is 1. The van der Waals surface area contributed by atoms with Crippen molar-refractivity contribution in [3.8, 4) is 0 Å². The van der Waals surface area contributed by atoms with Crippen LogP contribution in [0.3, 0.4) is 0 Å². The second-order valence-corrected chi connectivity index (χ2v) is 5.27. The summed E-state index contributed by atoms with van der Waals surface area (Å²) in [4.78, 5) is 6.46. The van der Waals surface area contributed by atoms with Crippen LogP contribution in [0.5, 0.6) is 0 Å². The molecule has 1 aromatic rings. The monoisotopic (exact) mass is 289 g/mol. The third-order valence-electron chi connectivity index (χ3n) is 3.33. The van der Waals surface area contributed by atoms with Gasteiger partial charge in [-0.3, -0.25) is 0 Å². The van der Waals surface area contributed by atoms with E-state index >= 15 is 0 Å². The molecule has 0 spiro atoms. The van der Waals surface area contributed by atoms with Crippen LogP contribution in [-0.4, -0.2) is 37.3 Å².